The highest BCUT2D eigenvalue weighted by Crippen LogP contribution is 2.41. The molecule has 0 unspecified atom stereocenters. The van der Waals surface area contributed by atoms with E-state index in [1.165, 1.54) is 24.5 Å². The van der Waals surface area contributed by atoms with Crippen LogP contribution in [-0.4, -0.2) is 29.1 Å². The van der Waals surface area contributed by atoms with Crippen molar-refractivity contribution in [2.45, 2.75) is 37.9 Å². The van der Waals surface area contributed by atoms with Gasteiger partial charge in [0.05, 0.1) is 5.54 Å². The van der Waals surface area contributed by atoms with Crippen molar-refractivity contribution < 1.29 is 22.4 Å². The summed E-state index contributed by atoms with van der Waals surface area (Å²) in [6.45, 7) is 1.90. The molecule has 0 saturated heterocycles. The number of carbonyl (C=O) groups excluding carboxylic acids is 1. The summed E-state index contributed by atoms with van der Waals surface area (Å²) in [6, 6.07) is 3.95. The number of aryl methyl sites for hydroxylation is 1. The normalized spacial score (nSPS) is 25.1. The minimum Gasteiger partial charge on any atom is -0.448 e. The van der Waals surface area contributed by atoms with Gasteiger partial charge < -0.3 is 15.5 Å². The number of nitrogens with zero attached hydrogens (tertiary/aromatic N) is 2. The fourth-order valence-electron chi connectivity index (χ4n) is 3.00. The molecular weight excluding hydrogens is 361 g/mol. The molecule has 27 heavy (non-hydrogen) atoms. The lowest BCUT2D eigenvalue weighted by Crippen LogP contribution is -2.48. The molecule has 3 N–H and O–H groups in total. The van der Waals surface area contributed by atoms with Gasteiger partial charge in [0.1, 0.15) is 24.6 Å². The zero-order valence-corrected chi connectivity index (χ0v) is 14.9. The molecule has 144 valence electrons. The van der Waals surface area contributed by atoms with Gasteiger partial charge in [0.25, 0.3) is 5.91 Å². The predicted molar refractivity (Wildman–Crippen MR) is 93.6 cm³/mol. The lowest BCUT2D eigenvalue weighted by Gasteiger charge is -2.36. The number of anilines is 1. The number of amides is 1. The summed E-state index contributed by atoms with van der Waals surface area (Å²) < 4.78 is 46.7. The summed E-state index contributed by atoms with van der Waals surface area (Å²) >= 11 is 0. The molecule has 1 aromatic carbocycles. The number of rotatable bonds is 4. The van der Waals surface area contributed by atoms with E-state index in [1.54, 1.807) is 13.8 Å². The number of alkyl halides is 2. The Kier molecular flexibility index (Phi) is 4.71. The van der Waals surface area contributed by atoms with Crippen LogP contribution in [0.15, 0.2) is 33.9 Å². The number of hydrogen-bond acceptors (Lipinski definition) is 5. The lowest BCUT2D eigenvalue weighted by molar-refractivity contribution is 0.102. The summed E-state index contributed by atoms with van der Waals surface area (Å²) in [5.74, 6) is -1.27. The van der Waals surface area contributed by atoms with Crippen molar-refractivity contribution in [3.63, 3.8) is 0 Å². The number of carbonyl (C=O) groups is 1. The summed E-state index contributed by atoms with van der Waals surface area (Å²) in [7, 11) is 0. The van der Waals surface area contributed by atoms with Gasteiger partial charge in [-0.1, -0.05) is 0 Å². The highest BCUT2D eigenvalue weighted by Gasteiger charge is 2.44. The molecule has 2 atom stereocenters. The van der Waals surface area contributed by atoms with Crippen molar-refractivity contribution in [1.29, 1.82) is 0 Å². The Bertz CT molecular complexity index is 914. The Balaban J connectivity index is 1.91. The number of nitrogens with one attached hydrogen (secondary N) is 1. The molecule has 0 spiro atoms. The maximum Gasteiger partial charge on any atom is 0.277 e. The van der Waals surface area contributed by atoms with Crippen LogP contribution in [-0.2, 0) is 5.54 Å². The van der Waals surface area contributed by atoms with Crippen LogP contribution < -0.4 is 11.1 Å². The molecule has 1 aromatic heterocycles. The fourth-order valence-corrected chi connectivity index (χ4v) is 3.00. The van der Waals surface area contributed by atoms with E-state index in [0.717, 1.165) is 0 Å². The van der Waals surface area contributed by atoms with E-state index in [1.807, 2.05) is 0 Å². The van der Waals surface area contributed by atoms with Gasteiger partial charge in [0, 0.05) is 18.2 Å². The number of aromatic nitrogens is 1. The van der Waals surface area contributed by atoms with E-state index >= 15 is 0 Å². The maximum atomic E-state index is 14.4. The average Bonchev–Trinajstić information content (AvgIpc) is 3.07. The van der Waals surface area contributed by atoms with Crippen LogP contribution in [0.1, 0.15) is 41.7 Å². The Labute approximate surface area is 153 Å². The smallest absolute Gasteiger partial charge is 0.277 e. The molecule has 2 heterocycles. The zero-order valence-electron chi connectivity index (χ0n) is 14.9. The van der Waals surface area contributed by atoms with Crippen molar-refractivity contribution in [2.75, 3.05) is 12.0 Å². The maximum absolute atomic E-state index is 14.4. The first-order valence-corrected chi connectivity index (χ1v) is 8.31. The zero-order chi connectivity index (χ0) is 19.8. The number of hydrogen-bond donors (Lipinski definition) is 2. The highest BCUT2D eigenvalue weighted by atomic mass is 19.2. The van der Waals surface area contributed by atoms with Crippen LogP contribution in [0.2, 0.25) is 0 Å². The number of oxazole rings is 1. The molecule has 0 saturated carbocycles. The number of aliphatic imine (C=N–C) groups is 1. The largest absolute Gasteiger partial charge is 0.448 e. The Hall–Kier alpha value is -2.84. The van der Waals surface area contributed by atoms with Gasteiger partial charge in [-0.2, -0.15) is 0 Å². The van der Waals surface area contributed by atoms with Gasteiger partial charge in [-0.25, -0.2) is 18.2 Å². The molecule has 1 aliphatic rings. The number of benzene rings is 1. The van der Waals surface area contributed by atoms with E-state index in [0.29, 0.717) is 11.6 Å². The van der Waals surface area contributed by atoms with Crippen LogP contribution in [0.3, 0.4) is 0 Å². The van der Waals surface area contributed by atoms with Crippen molar-refractivity contribution in [3.05, 3.63) is 47.4 Å². The number of nitrogens with two attached hydrogens (primary N) is 1. The summed E-state index contributed by atoms with van der Waals surface area (Å²) in [5.41, 5.74) is 2.61. The Morgan fingerprint density at radius 1 is 1.41 bits per heavy atom. The minimum atomic E-state index is -2.33. The van der Waals surface area contributed by atoms with Crippen LogP contribution >= 0.6 is 0 Å². The van der Waals surface area contributed by atoms with Crippen LogP contribution in [0.4, 0.5) is 18.9 Å². The predicted octanol–water partition coefficient (Wildman–Crippen LogP) is 3.42. The second kappa shape index (κ2) is 6.71. The number of halogens is 3. The van der Waals surface area contributed by atoms with E-state index in [9.17, 15) is 18.0 Å². The molecule has 6 nitrogen and oxygen atoms in total. The van der Waals surface area contributed by atoms with Gasteiger partial charge in [0.15, 0.2) is 17.3 Å². The standard InChI is InChI=1S/C18H19F3N4O2/c1-10-23-14(8-27-10)15(26)24-11-3-4-13(20)12(7-11)17(2)5-6-18(21,9-19)16(22)25-17/h3-4,7-8H,5-6,9H2,1-2H3,(H2,22,25)(H,24,26)/t17-,18+/m0/s1. The molecule has 1 aliphatic heterocycles. The van der Waals surface area contributed by atoms with Crippen molar-refractivity contribution in [3.8, 4) is 0 Å². The van der Waals surface area contributed by atoms with Crippen molar-refractivity contribution in [2.24, 2.45) is 10.7 Å². The first kappa shape index (κ1) is 18.9. The second-order valence-corrected chi connectivity index (χ2v) is 6.77. The van der Waals surface area contributed by atoms with E-state index in [4.69, 9.17) is 10.2 Å². The quantitative estimate of drug-likeness (QED) is 0.850. The monoisotopic (exact) mass is 380 g/mol. The van der Waals surface area contributed by atoms with E-state index < -0.39 is 35.4 Å². The summed E-state index contributed by atoms with van der Waals surface area (Å²) in [5, 5.41) is 2.59. The third-order valence-electron chi connectivity index (χ3n) is 4.70. The van der Waals surface area contributed by atoms with Gasteiger partial charge in [-0.3, -0.25) is 9.79 Å². The first-order chi connectivity index (χ1) is 12.7. The third-order valence-corrected chi connectivity index (χ3v) is 4.70. The third kappa shape index (κ3) is 3.54. The van der Waals surface area contributed by atoms with Gasteiger partial charge in [-0.15, -0.1) is 0 Å². The van der Waals surface area contributed by atoms with Crippen LogP contribution in [0, 0.1) is 12.7 Å². The fraction of sp³-hybridized carbons (Fsp3) is 0.389. The number of amidine groups is 1. The molecular formula is C18H19F3N4O2. The molecule has 9 heteroatoms. The first-order valence-electron chi connectivity index (χ1n) is 8.31. The molecule has 0 aliphatic carbocycles. The molecule has 3 rings (SSSR count). The molecule has 0 radical (unpaired) electrons. The highest BCUT2D eigenvalue weighted by molar-refractivity contribution is 6.02. The Morgan fingerprint density at radius 3 is 2.74 bits per heavy atom. The second-order valence-electron chi connectivity index (χ2n) is 6.77. The van der Waals surface area contributed by atoms with Gasteiger partial charge in [-0.05, 0) is 38.0 Å². The van der Waals surface area contributed by atoms with Gasteiger partial charge >= 0.3 is 0 Å². The minimum absolute atomic E-state index is 0.0604. The molecule has 0 fully saturated rings. The summed E-state index contributed by atoms with van der Waals surface area (Å²) in [6.07, 6.45) is 1.05. The molecule has 1 amide bonds. The van der Waals surface area contributed by atoms with Crippen molar-refractivity contribution in [1.82, 2.24) is 4.98 Å². The topological polar surface area (TPSA) is 93.5 Å². The van der Waals surface area contributed by atoms with Crippen molar-refractivity contribution >= 4 is 17.4 Å². The van der Waals surface area contributed by atoms with Gasteiger partial charge in [0.2, 0.25) is 0 Å². The molecule has 0 bridgehead atoms. The molecule has 2 aromatic rings. The Morgan fingerprint density at radius 2 is 2.15 bits per heavy atom. The van der Waals surface area contributed by atoms with E-state index in [-0.39, 0.29) is 24.1 Å². The van der Waals surface area contributed by atoms with Crippen LogP contribution in [0.5, 0.6) is 0 Å². The SMILES string of the molecule is Cc1nc(C(=O)Nc2ccc(F)c([C@]3(C)CC[C@@](F)(CF)C(N)=N3)c2)co1. The average molecular weight is 380 g/mol. The van der Waals surface area contributed by atoms with E-state index in [2.05, 4.69) is 15.3 Å². The summed E-state index contributed by atoms with van der Waals surface area (Å²) in [4.78, 5) is 20.2. The van der Waals surface area contributed by atoms with Crippen LogP contribution in [0.25, 0.3) is 0 Å². The lowest BCUT2D eigenvalue weighted by atomic mass is 9.80.